The molecule has 0 bridgehead atoms. The standard InChI is InChI=1S/C27H20F4N2O3S/c28-20-12-16(14-4-6-15(7-5-14)24(34)18-2-1-3-19(18)25(35)36)8-10-21(20)32-26-33-22-13-17(27(29,30)31)9-11-23(22)37-26/h4-13,18-19H,1-3H2,(H,32,33)(H,35,36)/t18-,19-/m1/s1. The predicted octanol–water partition coefficient (Wildman–Crippen LogP) is 7.55. The van der Waals surface area contributed by atoms with Crippen molar-refractivity contribution < 1.29 is 32.3 Å². The van der Waals surface area contributed by atoms with Gasteiger partial charge in [-0.2, -0.15) is 13.2 Å². The highest BCUT2D eigenvalue weighted by Crippen LogP contribution is 2.37. The van der Waals surface area contributed by atoms with E-state index in [0.717, 1.165) is 23.5 Å². The van der Waals surface area contributed by atoms with Crippen molar-refractivity contribution in [3.05, 3.63) is 77.6 Å². The highest BCUT2D eigenvalue weighted by molar-refractivity contribution is 7.22. The summed E-state index contributed by atoms with van der Waals surface area (Å²) in [6, 6.07) is 14.4. The second-order valence-electron chi connectivity index (χ2n) is 8.94. The molecule has 0 unspecified atom stereocenters. The zero-order valence-electron chi connectivity index (χ0n) is 19.2. The van der Waals surface area contributed by atoms with Crippen LogP contribution in [0.15, 0.2) is 60.7 Å². The Morgan fingerprint density at radius 1 is 0.946 bits per heavy atom. The zero-order valence-corrected chi connectivity index (χ0v) is 20.0. The number of halogens is 4. The minimum absolute atomic E-state index is 0.117. The van der Waals surface area contributed by atoms with Gasteiger partial charge in [0.25, 0.3) is 0 Å². The number of nitrogens with zero attached hydrogens (tertiary/aromatic N) is 1. The Morgan fingerprint density at radius 2 is 1.65 bits per heavy atom. The number of aliphatic carboxylic acids is 1. The van der Waals surface area contributed by atoms with Crippen LogP contribution in [0, 0.1) is 17.7 Å². The van der Waals surface area contributed by atoms with Gasteiger partial charge in [0.15, 0.2) is 10.9 Å². The molecule has 5 nitrogen and oxygen atoms in total. The maximum atomic E-state index is 14.9. The second-order valence-corrected chi connectivity index (χ2v) is 9.97. The second kappa shape index (κ2) is 9.59. The lowest BCUT2D eigenvalue weighted by atomic mass is 9.88. The van der Waals surface area contributed by atoms with Gasteiger partial charge in [-0.25, -0.2) is 9.37 Å². The van der Waals surface area contributed by atoms with E-state index in [9.17, 15) is 32.3 Å². The van der Waals surface area contributed by atoms with Crippen molar-refractivity contribution in [3.63, 3.8) is 0 Å². The van der Waals surface area contributed by atoms with Crippen molar-refractivity contribution in [2.75, 3.05) is 5.32 Å². The summed E-state index contributed by atoms with van der Waals surface area (Å²) in [6.45, 7) is 0. The molecule has 0 radical (unpaired) electrons. The van der Waals surface area contributed by atoms with Crippen LogP contribution < -0.4 is 5.32 Å². The van der Waals surface area contributed by atoms with E-state index in [1.807, 2.05) is 0 Å². The average Bonchev–Trinajstić information content (AvgIpc) is 3.51. The maximum absolute atomic E-state index is 14.9. The van der Waals surface area contributed by atoms with Gasteiger partial charge in [-0.15, -0.1) is 0 Å². The molecule has 0 aliphatic heterocycles. The molecule has 1 aromatic heterocycles. The van der Waals surface area contributed by atoms with Gasteiger partial charge in [0.05, 0.1) is 27.4 Å². The molecule has 1 aliphatic rings. The van der Waals surface area contributed by atoms with Gasteiger partial charge in [0.1, 0.15) is 5.82 Å². The molecule has 4 aromatic rings. The number of ketones is 1. The van der Waals surface area contributed by atoms with Crippen LogP contribution in [-0.4, -0.2) is 21.8 Å². The number of carbonyl (C=O) groups is 2. The smallest absolute Gasteiger partial charge is 0.416 e. The van der Waals surface area contributed by atoms with E-state index in [0.29, 0.717) is 40.7 Å². The first-order chi connectivity index (χ1) is 17.6. The number of hydrogen-bond acceptors (Lipinski definition) is 5. The van der Waals surface area contributed by atoms with Crippen molar-refractivity contribution in [1.29, 1.82) is 0 Å². The van der Waals surface area contributed by atoms with Crippen molar-refractivity contribution in [1.82, 2.24) is 4.98 Å². The quantitative estimate of drug-likeness (QED) is 0.200. The Bertz CT molecular complexity index is 1500. The monoisotopic (exact) mass is 528 g/mol. The molecule has 1 saturated carbocycles. The molecule has 37 heavy (non-hydrogen) atoms. The third kappa shape index (κ3) is 5.06. The Hall–Kier alpha value is -3.79. The summed E-state index contributed by atoms with van der Waals surface area (Å²) in [6.07, 6.45) is -2.72. The van der Waals surface area contributed by atoms with E-state index in [-0.39, 0.29) is 22.1 Å². The van der Waals surface area contributed by atoms with E-state index in [2.05, 4.69) is 10.3 Å². The van der Waals surface area contributed by atoms with E-state index in [1.165, 1.54) is 18.2 Å². The maximum Gasteiger partial charge on any atom is 0.416 e. The molecule has 10 heteroatoms. The first kappa shape index (κ1) is 24.9. The van der Waals surface area contributed by atoms with Gasteiger partial charge < -0.3 is 10.4 Å². The van der Waals surface area contributed by atoms with Gasteiger partial charge in [0.2, 0.25) is 0 Å². The number of carboxylic acids is 1. The number of thiazole rings is 1. The molecule has 0 amide bonds. The number of hydrogen-bond donors (Lipinski definition) is 2. The summed E-state index contributed by atoms with van der Waals surface area (Å²) in [4.78, 5) is 28.4. The molecule has 1 aliphatic carbocycles. The fourth-order valence-electron chi connectivity index (χ4n) is 4.68. The Kier molecular flexibility index (Phi) is 6.45. The third-order valence-corrected chi connectivity index (χ3v) is 7.55. The summed E-state index contributed by atoms with van der Waals surface area (Å²) in [5.41, 5.74) is 1.14. The number of alkyl halides is 3. The summed E-state index contributed by atoms with van der Waals surface area (Å²) in [5.74, 6) is -2.92. The number of fused-ring (bicyclic) bond motifs is 1. The van der Waals surface area contributed by atoms with E-state index in [1.54, 1.807) is 30.3 Å². The first-order valence-corrected chi connectivity index (χ1v) is 12.3. The SMILES string of the molecule is O=C(O)[C@@H]1CCC[C@H]1C(=O)c1ccc(-c2ccc(Nc3nc4cc(C(F)(F)F)ccc4s3)c(F)c2)cc1. The number of carboxylic acid groups (broad SMARTS) is 1. The number of aromatic nitrogens is 1. The Morgan fingerprint density at radius 3 is 2.32 bits per heavy atom. The van der Waals surface area contributed by atoms with Crippen molar-refractivity contribution >= 4 is 44.1 Å². The van der Waals surface area contributed by atoms with E-state index < -0.39 is 35.4 Å². The highest BCUT2D eigenvalue weighted by Gasteiger charge is 2.38. The third-order valence-electron chi connectivity index (χ3n) is 6.60. The van der Waals surface area contributed by atoms with Crippen LogP contribution in [0.25, 0.3) is 21.3 Å². The summed E-state index contributed by atoms with van der Waals surface area (Å²) in [7, 11) is 0. The van der Waals surface area contributed by atoms with Gasteiger partial charge in [0, 0.05) is 11.5 Å². The topological polar surface area (TPSA) is 79.3 Å². The lowest BCUT2D eigenvalue weighted by Gasteiger charge is -2.15. The van der Waals surface area contributed by atoms with Gasteiger partial charge in [-0.3, -0.25) is 9.59 Å². The molecule has 190 valence electrons. The average molecular weight is 529 g/mol. The molecule has 3 aromatic carbocycles. The number of nitrogens with one attached hydrogen (secondary N) is 1. The fourth-order valence-corrected chi connectivity index (χ4v) is 5.54. The molecule has 0 spiro atoms. The molecular weight excluding hydrogens is 508 g/mol. The van der Waals surface area contributed by atoms with Crippen molar-refractivity contribution in [2.45, 2.75) is 25.4 Å². The van der Waals surface area contributed by atoms with Gasteiger partial charge in [-0.1, -0.05) is 48.1 Å². The minimum Gasteiger partial charge on any atom is -0.481 e. The van der Waals surface area contributed by atoms with Crippen LogP contribution in [-0.2, 0) is 11.0 Å². The zero-order chi connectivity index (χ0) is 26.3. The lowest BCUT2D eigenvalue weighted by molar-refractivity contribution is -0.142. The minimum atomic E-state index is -4.48. The summed E-state index contributed by atoms with van der Waals surface area (Å²) >= 11 is 1.11. The van der Waals surface area contributed by atoms with Crippen LogP contribution in [0.3, 0.4) is 0 Å². The molecular formula is C27H20F4N2O3S. The number of rotatable bonds is 6. The molecule has 5 rings (SSSR count). The van der Waals surface area contributed by atoms with Crippen LogP contribution in [0.1, 0.15) is 35.2 Å². The number of anilines is 2. The fraction of sp³-hybridized carbons (Fsp3) is 0.222. The predicted molar refractivity (Wildman–Crippen MR) is 133 cm³/mol. The van der Waals surface area contributed by atoms with Crippen LogP contribution in [0.2, 0.25) is 0 Å². The summed E-state index contributed by atoms with van der Waals surface area (Å²) in [5, 5.41) is 12.4. The molecule has 2 atom stereocenters. The largest absolute Gasteiger partial charge is 0.481 e. The van der Waals surface area contributed by atoms with E-state index in [4.69, 9.17) is 0 Å². The van der Waals surface area contributed by atoms with Crippen molar-refractivity contribution in [2.24, 2.45) is 11.8 Å². The van der Waals surface area contributed by atoms with Crippen LogP contribution in [0.5, 0.6) is 0 Å². The normalized spacial score (nSPS) is 17.7. The van der Waals surface area contributed by atoms with E-state index >= 15 is 0 Å². The van der Waals surface area contributed by atoms with Gasteiger partial charge >= 0.3 is 12.1 Å². The number of benzene rings is 3. The van der Waals surface area contributed by atoms with Crippen LogP contribution >= 0.6 is 11.3 Å². The number of carbonyl (C=O) groups excluding carboxylic acids is 1. The van der Waals surface area contributed by atoms with Crippen molar-refractivity contribution in [3.8, 4) is 11.1 Å². The van der Waals surface area contributed by atoms with Crippen LogP contribution in [0.4, 0.5) is 28.4 Å². The molecule has 1 fully saturated rings. The lowest BCUT2D eigenvalue weighted by Crippen LogP contribution is -2.25. The first-order valence-electron chi connectivity index (χ1n) is 11.5. The van der Waals surface area contributed by atoms with Gasteiger partial charge in [-0.05, 0) is 54.3 Å². The number of Topliss-reactive ketones (excluding diaryl/α,β-unsaturated/α-hetero) is 1. The summed E-state index contributed by atoms with van der Waals surface area (Å²) < 4.78 is 54.3. The Labute approximate surface area is 212 Å². The Balaban J connectivity index is 1.32. The molecule has 1 heterocycles. The highest BCUT2D eigenvalue weighted by atomic mass is 32.1. The molecule has 2 N–H and O–H groups in total. The molecule has 0 saturated heterocycles.